The van der Waals surface area contributed by atoms with Gasteiger partial charge >= 0.3 is 6.03 Å². The van der Waals surface area contributed by atoms with Gasteiger partial charge in [-0.25, -0.2) is 9.44 Å². The second-order valence-corrected chi connectivity index (χ2v) is 3.82. The van der Waals surface area contributed by atoms with Gasteiger partial charge in [0.05, 0.1) is 19.1 Å². The zero-order valence-corrected chi connectivity index (χ0v) is 8.76. The van der Waals surface area contributed by atoms with Crippen LogP contribution in [0.2, 0.25) is 0 Å². The van der Waals surface area contributed by atoms with Crippen molar-refractivity contribution in [3.05, 3.63) is 5.21 Å². The predicted octanol–water partition coefficient (Wildman–Crippen LogP) is -1.75. The summed E-state index contributed by atoms with van der Waals surface area (Å²) in [5.41, 5.74) is 5.18. The number of nitrogens with zero attached hydrogens (tertiary/aromatic N) is 3. The van der Waals surface area contributed by atoms with Gasteiger partial charge in [0.25, 0.3) is 0 Å². The molecule has 0 aromatic heterocycles. The van der Waals surface area contributed by atoms with Crippen LogP contribution in [0.4, 0.5) is 4.79 Å². The summed E-state index contributed by atoms with van der Waals surface area (Å²) in [4.78, 5) is 18.2. The molecule has 94 valence electrons. The molecule has 0 aromatic rings. The Balaban J connectivity index is 2.19. The van der Waals surface area contributed by atoms with E-state index < -0.39 is 35.7 Å². The highest BCUT2D eigenvalue weighted by molar-refractivity contribution is 5.98. The average Bonchev–Trinajstić information content (AvgIpc) is 2.66. The quantitative estimate of drug-likeness (QED) is 0.388. The normalized spacial score (nSPS) is 41.7. The number of aliphatic imine (C=N–C) groups is 2. The van der Waals surface area contributed by atoms with Gasteiger partial charge in [-0.15, -0.1) is 4.99 Å². The number of aliphatic hydroxyl groups excluding tert-OH is 2. The van der Waals surface area contributed by atoms with Crippen LogP contribution in [0.15, 0.2) is 9.98 Å². The van der Waals surface area contributed by atoms with E-state index in [1.54, 1.807) is 0 Å². The third-order valence-corrected chi connectivity index (χ3v) is 2.68. The van der Waals surface area contributed by atoms with Crippen molar-refractivity contribution in [1.82, 2.24) is 0 Å². The molecule has 4 N–H and O–H groups in total. The minimum absolute atomic E-state index is 0.0814. The molecule has 9 nitrogen and oxygen atoms in total. The maximum absolute atomic E-state index is 12.2. The zero-order chi connectivity index (χ0) is 12.6. The van der Waals surface area contributed by atoms with Crippen molar-refractivity contribution >= 4 is 18.3 Å². The van der Waals surface area contributed by atoms with E-state index in [0.717, 1.165) is 6.34 Å². The topological polar surface area (TPSA) is 141 Å². The summed E-state index contributed by atoms with van der Waals surface area (Å²) < 4.78 is 3.55. The van der Waals surface area contributed by atoms with E-state index in [4.69, 9.17) is 15.6 Å². The molecule has 0 saturated carbocycles. The van der Waals surface area contributed by atoms with Crippen molar-refractivity contribution in [3.63, 3.8) is 0 Å². The fourth-order valence-corrected chi connectivity index (χ4v) is 1.71. The van der Waals surface area contributed by atoms with Crippen LogP contribution < -0.4 is 5.73 Å². The van der Waals surface area contributed by atoms with Crippen molar-refractivity contribution in [2.75, 3.05) is 6.61 Å². The number of carbonyl (C=O) groups is 1. The fourth-order valence-electron chi connectivity index (χ4n) is 1.71. The molecule has 0 radical (unpaired) electrons. The molecular formula is C8H12N4O5. The van der Waals surface area contributed by atoms with Gasteiger partial charge < -0.3 is 25.9 Å². The molecule has 2 aliphatic heterocycles. The molecule has 0 aliphatic carbocycles. The minimum Gasteiger partial charge on any atom is -0.616 e. The summed E-state index contributed by atoms with van der Waals surface area (Å²) in [5.74, 6) is -0.295. The van der Waals surface area contributed by atoms with Crippen LogP contribution in [0.3, 0.4) is 0 Å². The third kappa shape index (κ3) is 1.94. The smallest absolute Gasteiger partial charge is 0.453 e. The molecule has 2 heterocycles. The predicted molar refractivity (Wildman–Crippen MR) is 55.5 cm³/mol. The summed E-state index contributed by atoms with van der Waals surface area (Å²) in [6.45, 7) is -0.436. The van der Waals surface area contributed by atoms with E-state index in [1.807, 2.05) is 0 Å². The standard InChI is InChI=1S/C8H12N4O5/c9-7-10-3-12(16,8(15)11-7)6-1-4(14)5(2-13)17-6/h3-6,13-14H,1-2H2,(H2,9,11,15)/t4?,5-,6-,12?/m1/s1. The van der Waals surface area contributed by atoms with E-state index in [1.165, 1.54) is 0 Å². The van der Waals surface area contributed by atoms with Gasteiger partial charge in [0, 0.05) is 0 Å². The van der Waals surface area contributed by atoms with Crippen molar-refractivity contribution < 1.29 is 24.4 Å². The summed E-state index contributed by atoms with van der Waals surface area (Å²) in [7, 11) is 0. The number of nitrogens with two attached hydrogens (primary N) is 1. The first-order valence-corrected chi connectivity index (χ1v) is 4.95. The summed E-state index contributed by atoms with van der Waals surface area (Å²) in [6, 6.07) is -1.06. The number of hydrogen-bond donors (Lipinski definition) is 3. The van der Waals surface area contributed by atoms with Gasteiger partial charge in [0.2, 0.25) is 18.5 Å². The number of hydroxylamine groups is 3. The first kappa shape index (κ1) is 12.1. The van der Waals surface area contributed by atoms with E-state index in [0.29, 0.717) is 0 Å². The zero-order valence-electron chi connectivity index (χ0n) is 8.76. The number of ether oxygens (including phenoxy) is 1. The van der Waals surface area contributed by atoms with E-state index in [2.05, 4.69) is 9.98 Å². The SMILES string of the molecule is NC1=NC(=O)[N+]([O-])([C@H]2CC(O)[C@@H](CO)O2)C=N1. The number of carbonyl (C=O) groups excluding carboxylic acids is 1. The number of amides is 2. The number of aliphatic hydroxyl groups is 2. The van der Waals surface area contributed by atoms with Crippen molar-refractivity contribution in [1.29, 1.82) is 0 Å². The number of quaternary nitrogens is 1. The first-order valence-electron chi connectivity index (χ1n) is 4.95. The average molecular weight is 244 g/mol. The van der Waals surface area contributed by atoms with Crippen LogP contribution in [0.5, 0.6) is 0 Å². The van der Waals surface area contributed by atoms with E-state index in [-0.39, 0.29) is 12.4 Å². The summed E-state index contributed by atoms with van der Waals surface area (Å²) >= 11 is 0. The highest BCUT2D eigenvalue weighted by Gasteiger charge is 2.47. The molecule has 0 bridgehead atoms. The van der Waals surface area contributed by atoms with Gasteiger partial charge in [-0.3, -0.25) is 0 Å². The Labute approximate surface area is 96.0 Å². The molecule has 9 heteroatoms. The van der Waals surface area contributed by atoms with Crippen molar-refractivity contribution in [3.8, 4) is 0 Å². The molecule has 1 fully saturated rings. The maximum atomic E-state index is 12.2. The molecule has 2 amide bonds. The van der Waals surface area contributed by atoms with Crippen LogP contribution >= 0.6 is 0 Å². The molecule has 0 aromatic carbocycles. The lowest BCUT2D eigenvalue weighted by Crippen LogP contribution is -2.55. The van der Waals surface area contributed by atoms with Gasteiger partial charge in [0.1, 0.15) is 6.10 Å². The van der Waals surface area contributed by atoms with Crippen LogP contribution in [0, 0.1) is 5.21 Å². The molecule has 2 unspecified atom stereocenters. The van der Waals surface area contributed by atoms with E-state index >= 15 is 0 Å². The number of guanidine groups is 1. The Kier molecular flexibility index (Phi) is 2.93. The van der Waals surface area contributed by atoms with Crippen LogP contribution in [0.1, 0.15) is 6.42 Å². The molecule has 0 spiro atoms. The van der Waals surface area contributed by atoms with Gasteiger partial charge in [0.15, 0.2) is 0 Å². The first-order chi connectivity index (χ1) is 7.97. The van der Waals surface area contributed by atoms with Gasteiger partial charge in [-0.05, 0) is 0 Å². The lowest BCUT2D eigenvalue weighted by Gasteiger charge is -2.38. The second-order valence-electron chi connectivity index (χ2n) is 3.82. The Morgan fingerprint density at radius 3 is 2.94 bits per heavy atom. The highest BCUT2D eigenvalue weighted by atomic mass is 16.6. The minimum atomic E-state index is -1.56. The molecule has 4 atom stereocenters. The lowest BCUT2D eigenvalue weighted by atomic mass is 10.2. The Bertz CT molecular complexity index is 397. The molecular weight excluding hydrogens is 232 g/mol. The second kappa shape index (κ2) is 4.13. The number of urea groups is 1. The summed E-state index contributed by atoms with van der Waals surface area (Å²) in [5, 5.41) is 30.5. The Hall–Kier alpha value is -1.39. The Morgan fingerprint density at radius 1 is 1.71 bits per heavy atom. The van der Waals surface area contributed by atoms with Gasteiger partial charge in [-0.2, -0.15) is 4.99 Å². The molecule has 2 aliphatic rings. The largest absolute Gasteiger partial charge is 0.616 e. The van der Waals surface area contributed by atoms with Crippen LogP contribution in [-0.2, 0) is 4.74 Å². The van der Waals surface area contributed by atoms with Crippen molar-refractivity contribution in [2.45, 2.75) is 24.9 Å². The van der Waals surface area contributed by atoms with E-state index in [9.17, 15) is 15.1 Å². The maximum Gasteiger partial charge on any atom is 0.453 e. The monoisotopic (exact) mass is 244 g/mol. The van der Waals surface area contributed by atoms with Crippen LogP contribution in [0.25, 0.3) is 0 Å². The lowest BCUT2D eigenvalue weighted by molar-refractivity contribution is -0.757. The molecule has 17 heavy (non-hydrogen) atoms. The number of rotatable bonds is 2. The Morgan fingerprint density at radius 2 is 2.41 bits per heavy atom. The number of hydrogen-bond acceptors (Lipinski definition) is 7. The van der Waals surface area contributed by atoms with Crippen LogP contribution in [-0.4, -0.2) is 58.2 Å². The highest BCUT2D eigenvalue weighted by Crippen LogP contribution is 2.28. The van der Waals surface area contributed by atoms with Gasteiger partial charge in [-0.1, -0.05) is 0 Å². The third-order valence-electron chi connectivity index (χ3n) is 2.68. The van der Waals surface area contributed by atoms with Crippen molar-refractivity contribution in [2.24, 2.45) is 15.7 Å². The fraction of sp³-hybridized carbons (Fsp3) is 0.625. The summed E-state index contributed by atoms with van der Waals surface area (Å²) in [6.07, 6.45) is -2.36. The molecule has 1 saturated heterocycles. The molecule has 2 rings (SSSR count).